The van der Waals surface area contributed by atoms with Gasteiger partial charge in [-0.05, 0) is 204 Å². The van der Waals surface area contributed by atoms with Crippen LogP contribution in [0, 0.1) is 0 Å². The lowest BCUT2D eigenvalue weighted by Gasteiger charge is -2.43. The van der Waals surface area contributed by atoms with Crippen molar-refractivity contribution in [3.8, 4) is 39.1 Å². The van der Waals surface area contributed by atoms with Crippen molar-refractivity contribution in [3.05, 3.63) is 228 Å². The molecule has 1 N–H and O–H groups in total. The summed E-state index contributed by atoms with van der Waals surface area (Å²) in [5.41, 5.74) is 28.7. The quantitative estimate of drug-likeness (QED) is 0.161. The monoisotopic (exact) mass is 1050 g/mol. The van der Waals surface area contributed by atoms with Crippen molar-refractivity contribution in [3.63, 3.8) is 0 Å². The number of para-hydroxylation sites is 2. The first-order chi connectivity index (χ1) is 38.9. The van der Waals surface area contributed by atoms with Crippen LogP contribution in [0.25, 0.3) is 71.6 Å². The third-order valence-corrected chi connectivity index (χ3v) is 20.3. The maximum Gasteiger partial charge on any atom is 0.198 e. The van der Waals surface area contributed by atoms with Gasteiger partial charge in [0.15, 0.2) is 7.28 Å². The summed E-state index contributed by atoms with van der Waals surface area (Å²) in [5, 5.41) is 9.37. The molecule has 1 aliphatic heterocycles. The van der Waals surface area contributed by atoms with E-state index in [2.05, 4.69) is 278 Å². The van der Waals surface area contributed by atoms with Crippen molar-refractivity contribution in [2.24, 2.45) is 0 Å². The topological polar surface area (TPSA) is 20.2 Å². The number of fused-ring (bicyclic) bond motifs is 11. The summed E-state index contributed by atoms with van der Waals surface area (Å²) >= 11 is 0. The molecule has 0 unspecified atom stereocenters. The average Bonchev–Trinajstić information content (AvgIpc) is 4.09. The summed E-state index contributed by atoms with van der Waals surface area (Å²) in [4.78, 5) is 2.40. The second kappa shape index (κ2) is 17.5. The highest BCUT2D eigenvalue weighted by atomic mass is 15.1. The van der Waals surface area contributed by atoms with Gasteiger partial charge in [0.2, 0.25) is 0 Å². The summed E-state index contributed by atoms with van der Waals surface area (Å²) in [7, 11) is 0.816. The predicted octanol–water partition coefficient (Wildman–Crippen LogP) is 19.2. The lowest BCUT2D eigenvalue weighted by molar-refractivity contribution is 0.332. The first-order valence-corrected chi connectivity index (χ1v) is 29.8. The first-order valence-electron chi connectivity index (χ1n) is 29.8. The maximum absolute atomic E-state index is 4.22. The number of hydrogen-bond acceptors (Lipinski definition) is 2. The Morgan fingerprint density at radius 2 is 1.00 bits per heavy atom. The molecule has 11 aromatic rings. The Balaban J connectivity index is 1.06. The van der Waals surface area contributed by atoms with Gasteiger partial charge in [-0.15, -0.1) is 0 Å². The fourth-order valence-corrected chi connectivity index (χ4v) is 15.4. The fraction of sp³-hybridized carbons (Fsp3) is 0.247. The Labute approximate surface area is 480 Å². The molecule has 0 saturated heterocycles. The van der Waals surface area contributed by atoms with Crippen LogP contribution in [0.2, 0.25) is 0 Å². The number of benzene rings is 10. The van der Waals surface area contributed by atoms with Crippen LogP contribution in [-0.2, 0) is 27.1 Å². The van der Waals surface area contributed by atoms with Crippen LogP contribution in [0.15, 0.2) is 194 Å². The van der Waals surface area contributed by atoms with Crippen molar-refractivity contribution in [1.29, 1.82) is 0 Å². The lowest BCUT2D eigenvalue weighted by Crippen LogP contribution is -2.41. The van der Waals surface area contributed by atoms with Crippen molar-refractivity contribution in [1.82, 2.24) is 4.57 Å². The van der Waals surface area contributed by atoms with Crippen LogP contribution in [-0.4, -0.2) is 11.8 Å². The third kappa shape index (κ3) is 7.61. The third-order valence-electron chi connectivity index (χ3n) is 20.3. The van der Waals surface area contributed by atoms with Gasteiger partial charge in [0.25, 0.3) is 0 Å². The van der Waals surface area contributed by atoms with Crippen molar-refractivity contribution < 1.29 is 0 Å². The van der Waals surface area contributed by atoms with E-state index in [0.717, 1.165) is 42.1 Å². The standard InChI is InChI=1S/C77H72BN3/c1-73(2)35-36-74(3,4)63-42-50(30-34-62(63)73)79-67-43-53(80(51-23-13-11-14-24-51)52-25-15-12-16-26-52)31-32-55(67)58-44-56(49-29-33-61-57(40-49)54-27-19-20-28-60(54)77(61,9)10)70-59-39-47-21-17-18-22-48(47)41-68(59)81-69-46-65-64(45-66(69)78-71(58)72(70)81)75(5,6)37-38-76(65,7)8/h11-34,39-46,78-79H,35-38H2,1-10H3. The predicted molar refractivity (Wildman–Crippen MR) is 348 cm³/mol. The molecule has 10 aromatic carbocycles. The fourth-order valence-electron chi connectivity index (χ4n) is 15.4. The number of rotatable bonds is 7. The van der Waals surface area contributed by atoms with Gasteiger partial charge in [-0.1, -0.05) is 190 Å². The molecule has 0 amide bonds. The molecule has 0 saturated carbocycles. The molecule has 3 nitrogen and oxygen atoms in total. The van der Waals surface area contributed by atoms with Crippen molar-refractivity contribution in [2.75, 3.05) is 10.2 Å². The lowest BCUT2D eigenvalue weighted by atomic mass is 9.55. The van der Waals surface area contributed by atoms with Gasteiger partial charge in [0.05, 0.1) is 5.52 Å². The van der Waals surface area contributed by atoms with E-state index < -0.39 is 0 Å². The summed E-state index contributed by atoms with van der Waals surface area (Å²) in [6.45, 7) is 24.4. The van der Waals surface area contributed by atoms with Crippen LogP contribution in [0.1, 0.15) is 128 Å². The smallest absolute Gasteiger partial charge is 0.198 e. The van der Waals surface area contributed by atoms with Gasteiger partial charge in [0.1, 0.15) is 0 Å². The largest absolute Gasteiger partial charge is 0.355 e. The van der Waals surface area contributed by atoms with Crippen LogP contribution in [0.4, 0.5) is 28.4 Å². The Morgan fingerprint density at radius 1 is 0.420 bits per heavy atom. The van der Waals surface area contributed by atoms with Gasteiger partial charge >= 0.3 is 0 Å². The Bertz CT molecular complexity index is 4400. The van der Waals surface area contributed by atoms with E-state index in [4.69, 9.17) is 0 Å². The summed E-state index contributed by atoms with van der Waals surface area (Å²) in [5.74, 6) is 0. The minimum Gasteiger partial charge on any atom is -0.355 e. The van der Waals surface area contributed by atoms with Crippen LogP contribution >= 0.6 is 0 Å². The molecule has 0 bridgehead atoms. The van der Waals surface area contributed by atoms with E-state index >= 15 is 0 Å². The molecule has 1 aromatic heterocycles. The van der Waals surface area contributed by atoms with Gasteiger partial charge in [-0.3, -0.25) is 0 Å². The van der Waals surface area contributed by atoms with Crippen LogP contribution < -0.4 is 21.1 Å². The van der Waals surface area contributed by atoms with Crippen LogP contribution in [0.5, 0.6) is 0 Å². The van der Waals surface area contributed by atoms with E-state index in [1.807, 2.05) is 0 Å². The zero-order valence-corrected chi connectivity index (χ0v) is 48.9. The maximum atomic E-state index is 4.22. The Hall–Kier alpha value is -8.08. The average molecular weight is 1050 g/mol. The second-order valence-electron chi connectivity index (χ2n) is 27.5. The second-order valence-corrected chi connectivity index (χ2v) is 27.5. The molecule has 3 aliphatic carbocycles. The first kappa shape index (κ1) is 49.9. The number of nitrogens with one attached hydrogen (secondary N) is 1. The highest BCUT2D eigenvalue weighted by Gasteiger charge is 2.41. The number of aromatic nitrogens is 1. The molecule has 15 rings (SSSR count). The number of nitrogens with zero attached hydrogens (tertiary/aromatic N) is 2. The molecule has 81 heavy (non-hydrogen) atoms. The SMILES string of the molecule is CC1(C)CCC(C)(C)c2cc(Nc3cc(N(c4ccccc4)c4ccccc4)ccc3-c3cc(-c4ccc5c(c4)-c4ccccc4C5(C)C)c4c5cc6ccccc6cc5n5c4c3Bc3cc4c(cc3-5)C(C)(C)CCC4(C)C)ccc21. The zero-order valence-electron chi connectivity index (χ0n) is 48.9. The molecular weight excluding hydrogens is 978 g/mol. The van der Waals surface area contributed by atoms with Gasteiger partial charge in [-0.25, -0.2) is 0 Å². The molecule has 2 heterocycles. The minimum atomic E-state index is -0.104. The number of hydrogen-bond donors (Lipinski definition) is 1. The van der Waals surface area contributed by atoms with E-state index in [0.29, 0.717) is 0 Å². The van der Waals surface area contributed by atoms with E-state index in [9.17, 15) is 0 Å². The molecule has 0 atom stereocenters. The van der Waals surface area contributed by atoms with Gasteiger partial charge in [0, 0.05) is 61.4 Å². The van der Waals surface area contributed by atoms with Gasteiger partial charge < -0.3 is 14.8 Å². The highest BCUT2D eigenvalue weighted by molar-refractivity contribution is 6.73. The summed E-state index contributed by atoms with van der Waals surface area (Å²) in [6.07, 6.45) is 4.67. The highest BCUT2D eigenvalue weighted by Crippen LogP contribution is 2.54. The molecule has 0 fully saturated rings. The molecule has 0 spiro atoms. The van der Waals surface area contributed by atoms with E-state index in [-0.39, 0.29) is 27.1 Å². The molecule has 398 valence electrons. The molecule has 4 aliphatic rings. The van der Waals surface area contributed by atoms with E-state index in [1.165, 1.54) is 135 Å². The summed E-state index contributed by atoms with van der Waals surface area (Å²) in [6, 6.07) is 74.5. The Morgan fingerprint density at radius 3 is 1.69 bits per heavy atom. The minimum absolute atomic E-state index is 0.0494. The molecule has 0 radical (unpaired) electrons. The van der Waals surface area contributed by atoms with E-state index in [1.54, 1.807) is 0 Å². The van der Waals surface area contributed by atoms with Crippen molar-refractivity contribution >= 4 is 79.2 Å². The van der Waals surface area contributed by atoms with Crippen molar-refractivity contribution in [2.45, 2.75) is 122 Å². The Kier molecular flexibility index (Phi) is 10.8. The molecule has 4 heteroatoms. The van der Waals surface area contributed by atoms with Gasteiger partial charge in [-0.2, -0.15) is 0 Å². The summed E-state index contributed by atoms with van der Waals surface area (Å²) < 4.78 is 2.71. The molecular formula is C77H72BN3. The normalized spacial score (nSPS) is 17.2. The zero-order chi connectivity index (χ0) is 55.5. The van der Waals surface area contributed by atoms with Crippen LogP contribution in [0.3, 0.4) is 0 Å². The number of anilines is 5.